The van der Waals surface area contributed by atoms with Crippen LogP contribution in [0.2, 0.25) is 0 Å². The number of ether oxygens (including phenoxy) is 1. The molecule has 0 unspecified atom stereocenters. The summed E-state index contributed by atoms with van der Waals surface area (Å²) in [5, 5.41) is 2.25. The monoisotopic (exact) mass is 794 g/mol. The van der Waals surface area contributed by atoms with Crippen molar-refractivity contribution in [3.63, 3.8) is 0 Å². The Labute approximate surface area is 360 Å². The third-order valence-electron chi connectivity index (χ3n) is 12.7. The molecule has 0 saturated heterocycles. The number of pyridine rings is 1. The van der Waals surface area contributed by atoms with E-state index in [-0.39, 0.29) is 0 Å². The topological polar surface area (TPSA) is 60.8 Å². The predicted octanol–water partition coefficient (Wildman–Crippen LogP) is 13.8. The summed E-state index contributed by atoms with van der Waals surface area (Å²) in [5.74, 6) is 3.52. The highest BCUT2D eigenvalue weighted by Gasteiger charge is 2.51. The molecule has 10 aromatic rings. The second kappa shape index (κ2) is 14.0. The van der Waals surface area contributed by atoms with Gasteiger partial charge in [0.05, 0.1) is 5.41 Å². The van der Waals surface area contributed by atoms with Gasteiger partial charge in [0.2, 0.25) is 0 Å². The van der Waals surface area contributed by atoms with Gasteiger partial charge < -0.3 is 4.74 Å². The average molecular weight is 795 g/mol. The summed E-state index contributed by atoms with van der Waals surface area (Å²) in [7, 11) is 0. The molecule has 62 heavy (non-hydrogen) atoms. The Morgan fingerprint density at radius 1 is 0.403 bits per heavy atom. The highest BCUT2D eigenvalue weighted by molar-refractivity contribution is 5.95. The number of aryl methyl sites for hydroxylation is 2. The van der Waals surface area contributed by atoms with E-state index in [0.29, 0.717) is 17.5 Å². The van der Waals surface area contributed by atoms with Crippen molar-refractivity contribution < 1.29 is 4.74 Å². The summed E-state index contributed by atoms with van der Waals surface area (Å²) in [5.41, 5.74) is 16.5. The Kier molecular flexibility index (Phi) is 8.12. The first kappa shape index (κ1) is 35.9. The summed E-state index contributed by atoms with van der Waals surface area (Å²) < 4.78 is 7.10. The first-order valence-corrected chi connectivity index (χ1v) is 21.0. The van der Waals surface area contributed by atoms with E-state index >= 15 is 0 Å². The summed E-state index contributed by atoms with van der Waals surface area (Å²) in [6.07, 6.45) is 3.76. The fraction of sp³-hybridized carbons (Fsp3) is 0.0526. The molecule has 1 spiro atoms. The molecular formula is C57H38N4O. The van der Waals surface area contributed by atoms with Crippen molar-refractivity contribution in [2.75, 3.05) is 0 Å². The SMILES string of the molecule is Cc1nc(-c2ccc3c(c2)Oc2cc(-c4ccc(-c5ccc(-c6ccncc6C)cc5)cc4)ccc2C32c3ccccc3-c3ccccc32)nc(-c2cccc3ccccc23)n1. The van der Waals surface area contributed by atoms with Crippen LogP contribution in [0.5, 0.6) is 11.5 Å². The zero-order valence-corrected chi connectivity index (χ0v) is 34.2. The number of nitrogens with zero attached hydrogens (tertiary/aromatic N) is 4. The van der Waals surface area contributed by atoms with Crippen LogP contribution in [0.1, 0.15) is 33.6 Å². The van der Waals surface area contributed by atoms with E-state index in [2.05, 4.69) is 194 Å². The third kappa shape index (κ3) is 5.55. The quantitative estimate of drug-likeness (QED) is 0.174. The number of rotatable bonds is 5. The Morgan fingerprint density at radius 2 is 0.935 bits per heavy atom. The van der Waals surface area contributed by atoms with E-state index in [9.17, 15) is 0 Å². The second-order valence-corrected chi connectivity index (χ2v) is 16.3. The van der Waals surface area contributed by atoms with E-state index in [1.165, 1.54) is 44.5 Å². The lowest BCUT2D eigenvalue weighted by atomic mass is 9.66. The number of fused-ring (bicyclic) bond motifs is 10. The van der Waals surface area contributed by atoms with Crippen molar-refractivity contribution in [1.82, 2.24) is 19.9 Å². The Hall–Kier alpha value is -8.02. The molecule has 0 bridgehead atoms. The van der Waals surface area contributed by atoms with Gasteiger partial charge in [0.1, 0.15) is 17.3 Å². The van der Waals surface area contributed by atoms with Gasteiger partial charge >= 0.3 is 0 Å². The molecule has 5 nitrogen and oxygen atoms in total. The third-order valence-corrected chi connectivity index (χ3v) is 12.7. The molecule has 5 heteroatoms. The molecule has 0 saturated carbocycles. The number of hydrogen-bond acceptors (Lipinski definition) is 5. The van der Waals surface area contributed by atoms with Gasteiger partial charge in [-0.3, -0.25) is 4.98 Å². The van der Waals surface area contributed by atoms with E-state index in [1.54, 1.807) is 0 Å². The van der Waals surface area contributed by atoms with Crippen molar-refractivity contribution in [2.24, 2.45) is 0 Å². The minimum Gasteiger partial charge on any atom is -0.457 e. The van der Waals surface area contributed by atoms with Crippen LogP contribution in [0.3, 0.4) is 0 Å². The predicted molar refractivity (Wildman–Crippen MR) is 249 cm³/mol. The molecule has 2 aliphatic rings. The standard InChI is InChI=1S/C57H38N4O/c1-35-34-58-31-30-44(35)41-24-22-38(23-25-41)37-18-20-39(21-19-37)42-26-28-51-53(32-42)62-54-33-43(55-59-36(2)60-56(61-55)48-15-9-11-40-10-3-4-12-45(40)48)27-29-52(54)57(51)49-16-7-5-13-46(49)47-14-6-8-17-50(47)57/h3-34H,1-2H3. The zero-order chi connectivity index (χ0) is 41.4. The maximum absolute atomic E-state index is 7.10. The fourth-order valence-electron chi connectivity index (χ4n) is 9.88. The van der Waals surface area contributed by atoms with Crippen molar-refractivity contribution >= 4 is 10.8 Å². The first-order valence-electron chi connectivity index (χ1n) is 21.0. The molecule has 0 fully saturated rings. The Balaban J connectivity index is 0.969. The maximum Gasteiger partial charge on any atom is 0.164 e. The molecule has 3 heterocycles. The molecule has 292 valence electrons. The van der Waals surface area contributed by atoms with Gasteiger partial charge in [0, 0.05) is 34.6 Å². The average Bonchev–Trinajstić information content (AvgIpc) is 3.61. The van der Waals surface area contributed by atoms with Gasteiger partial charge in [0.15, 0.2) is 11.6 Å². The van der Waals surface area contributed by atoms with E-state index in [0.717, 1.165) is 61.2 Å². The largest absolute Gasteiger partial charge is 0.457 e. The van der Waals surface area contributed by atoms with Crippen molar-refractivity contribution in [3.8, 4) is 78.8 Å². The van der Waals surface area contributed by atoms with Gasteiger partial charge in [-0.1, -0.05) is 164 Å². The van der Waals surface area contributed by atoms with Crippen LogP contribution in [0.25, 0.3) is 78.1 Å². The van der Waals surface area contributed by atoms with E-state index in [1.807, 2.05) is 19.3 Å². The fourth-order valence-corrected chi connectivity index (χ4v) is 9.88. The first-order chi connectivity index (χ1) is 30.5. The Bertz CT molecular complexity index is 3360. The highest BCUT2D eigenvalue weighted by atomic mass is 16.5. The summed E-state index contributed by atoms with van der Waals surface area (Å²) >= 11 is 0. The van der Waals surface area contributed by atoms with Crippen LogP contribution in [0.15, 0.2) is 194 Å². The number of benzene rings is 8. The number of aromatic nitrogens is 4. The lowest BCUT2D eigenvalue weighted by Gasteiger charge is -2.39. The van der Waals surface area contributed by atoms with Gasteiger partial charge in [-0.15, -0.1) is 0 Å². The molecule has 12 rings (SSSR count). The molecule has 0 radical (unpaired) electrons. The van der Waals surface area contributed by atoms with E-state index in [4.69, 9.17) is 19.7 Å². The van der Waals surface area contributed by atoms with Crippen LogP contribution in [-0.2, 0) is 5.41 Å². The van der Waals surface area contributed by atoms with Crippen LogP contribution in [0, 0.1) is 13.8 Å². The molecule has 0 N–H and O–H groups in total. The van der Waals surface area contributed by atoms with E-state index < -0.39 is 5.41 Å². The molecule has 0 amide bonds. The maximum atomic E-state index is 7.10. The van der Waals surface area contributed by atoms with Crippen LogP contribution >= 0.6 is 0 Å². The smallest absolute Gasteiger partial charge is 0.164 e. The Morgan fingerprint density at radius 3 is 1.63 bits per heavy atom. The minimum absolute atomic E-state index is 0.596. The van der Waals surface area contributed by atoms with Gasteiger partial charge in [-0.05, 0) is 104 Å². The van der Waals surface area contributed by atoms with Crippen molar-refractivity contribution in [2.45, 2.75) is 19.3 Å². The molecule has 1 aliphatic heterocycles. The van der Waals surface area contributed by atoms with Crippen LogP contribution < -0.4 is 4.74 Å². The van der Waals surface area contributed by atoms with Crippen molar-refractivity contribution in [3.05, 3.63) is 228 Å². The molecule has 8 aromatic carbocycles. The van der Waals surface area contributed by atoms with Gasteiger partial charge in [0.25, 0.3) is 0 Å². The molecule has 0 atom stereocenters. The van der Waals surface area contributed by atoms with Gasteiger partial charge in [-0.25, -0.2) is 15.0 Å². The van der Waals surface area contributed by atoms with Gasteiger partial charge in [-0.2, -0.15) is 0 Å². The normalized spacial score (nSPS) is 12.9. The summed E-state index contributed by atoms with van der Waals surface area (Å²) in [6.45, 7) is 4.03. The minimum atomic E-state index is -0.596. The summed E-state index contributed by atoms with van der Waals surface area (Å²) in [4.78, 5) is 19.1. The van der Waals surface area contributed by atoms with Crippen molar-refractivity contribution in [1.29, 1.82) is 0 Å². The lowest BCUT2D eigenvalue weighted by Crippen LogP contribution is -2.32. The summed E-state index contributed by atoms with van der Waals surface area (Å²) in [6, 6.07) is 65.2. The molecule has 1 aliphatic carbocycles. The second-order valence-electron chi connectivity index (χ2n) is 16.3. The lowest BCUT2D eigenvalue weighted by molar-refractivity contribution is 0.437. The molecule has 2 aromatic heterocycles. The van der Waals surface area contributed by atoms with Crippen LogP contribution in [-0.4, -0.2) is 19.9 Å². The molecular weight excluding hydrogens is 757 g/mol. The number of hydrogen-bond donors (Lipinski definition) is 0. The highest BCUT2D eigenvalue weighted by Crippen LogP contribution is 2.62. The van der Waals surface area contributed by atoms with Crippen LogP contribution in [0.4, 0.5) is 0 Å². The zero-order valence-electron chi connectivity index (χ0n) is 34.2.